The second kappa shape index (κ2) is 24.9. The Morgan fingerprint density at radius 2 is 0.548 bits per heavy atom. The minimum absolute atomic E-state index is 0.951. The van der Waals surface area contributed by atoms with Crippen molar-refractivity contribution in [1.29, 1.82) is 0 Å². The van der Waals surface area contributed by atoms with Crippen LogP contribution < -0.4 is 0 Å². The minimum Gasteiger partial charge on any atom is -0.324 e. The maximum absolute atomic E-state index is 11.6. The molecule has 0 aliphatic heterocycles. The van der Waals surface area contributed by atoms with Crippen molar-refractivity contribution < 1.29 is 4.57 Å². The highest BCUT2D eigenvalue weighted by atomic mass is 31.2. The topological polar surface area (TPSA) is 17.1 Å². The van der Waals surface area contributed by atoms with Crippen LogP contribution in [-0.4, -0.2) is 19.5 Å². The van der Waals surface area contributed by atoms with E-state index in [4.69, 9.17) is 0 Å². The van der Waals surface area contributed by atoms with Crippen LogP contribution in [0.4, 0.5) is 0 Å². The number of unbranched alkanes of at least 4 members (excludes halogenated alkanes) is 24. The molecule has 0 spiro atoms. The Balaban J connectivity index is 3.03. The van der Waals surface area contributed by atoms with Gasteiger partial charge in [0.05, 0.1) is 7.14 Å². The Hall–Kier alpha value is 0.230. The zero-order valence-electron chi connectivity index (χ0n) is 22.2. The van der Waals surface area contributed by atoms with Gasteiger partial charge in [0.2, 0.25) is 0 Å². The molecular weight excluding hydrogens is 395 g/mol. The largest absolute Gasteiger partial charge is 0.324 e. The molecule has 0 heterocycles. The van der Waals surface area contributed by atoms with Crippen LogP contribution in [0.15, 0.2) is 0 Å². The van der Waals surface area contributed by atoms with Gasteiger partial charge < -0.3 is 4.57 Å². The second-order valence-electron chi connectivity index (χ2n) is 10.8. The van der Waals surface area contributed by atoms with Gasteiger partial charge in [-0.2, -0.15) is 0 Å². The molecule has 0 radical (unpaired) electrons. The Morgan fingerprint density at radius 1 is 0.355 bits per heavy atom. The van der Waals surface area contributed by atoms with Gasteiger partial charge >= 0.3 is 0 Å². The molecule has 0 saturated carbocycles. The Morgan fingerprint density at radius 3 is 0.742 bits per heavy atom. The third kappa shape index (κ3) is 30.2. The second-order valence-corrected chi connectivity index (χ2v) is 14.4. The lowest BCUT2D eigenvalue weighted by atomic mass is 10.0. The van der Waals surface area contributed by atoms with Gasteiger partial charge in [-0.05, 0) is 19.8 Å². The number of hydrogen-bond donors (Lipinski definition) is 0. The van der Waals surface area contributed by atoms with E-state index in [9.17, 15) is 4.57 Å². The maximum Gasteiger partial charge on any atom is 0.0819 e. The summed E-state index contributed by atoms with van der Waals surface area (Å²) in [6, 6.07) is 0. The van der Waals surface area contributed by atoms with Crippen molar-refractivity contribution in [2.24, 2.45) is 0 Å². The van der Waals surface area contributed by atoms with E-state index >= 15 is 0 Å². The van der Waals surface area contributed by atoms with E-state index in [2.05, 4.69) is 6.92 Å². The van der Waals surface area contributed by atoms with Gasteiger partial charge in [0.1, 0.15) is 0 Å². The van der Waals surface area contributed by atoms with E-state index < -0.39 is 7.14 Å². The Labute approximate surface area is 198 Å². The first kappa shape index (κ1) is 31.2. The molecule has 0 N–H and O–H groups in total. The maximum atomic E-state index is 11.6. The molecular formula is C29H61OP. The summed E-state index contributed by atoms with van der Waals surface area (Å²) in [4.78, 5) is 0. The smallest absolute Gasteiger partial charge is 0.0819 e. The molecule has 1 nitrogen and oxygen atoms in total. The fourth-order valence-corrected chi connectivity index (χ4v) is 5.62. The molecule has 0 amide bonds. The van der Waals surface area contributed by atoms with E-state index in [1.165, 1.54) is 161 Å². The number of rotatable bonds is 26. The lowest BCUT2D eigenvalue weighted by Crippen LogP contribution is -1.87. The molecule has 0 aromatic carbocycles. The summed E-state index contributed by atoms with van der Waals surface area (Å²) in [6.45, 7) is 6.15. The first-order valence-corrected chi connectivity index (χ1v) is 17.4. The first-order chi connectivity index (χ1) is 15.1. The van der Waals surface area contributed by atoms with Crippen LogP contribution in [-0.2, 0) is 4.57 Å². The Bertz CT molecular complexity index is 373. The molecule has 2 heteroatoms. The summed E-state index contributed by atoms with van der Waals surface area (Å²) >= 11 is 0. The first-order valence-electron chi connectivity index (χ1n) is 14.6. The molecule has 0 aromatic rings. The van der Waals surface area contributed by atoms with Gasteiger partial charge in [0, 0.05) is 6.16 Å². The SMILES string of the molecule is CCCCCCCCCCCCCCCCCCCCCCCCCCCP(C)(C)=O. The van der Waals surface area contributed by atoms with Gasteiger partial charge in [-0.1, -0.05) is 161 Å². The molecule has 0 aromatic heterocycles. The number of hydrogen-bond acceptors (Lipinski definition) is 1. The van der Waals surface area contributed by atoms with Gasteiger partial charge in [0.15, 0.2) is 0 Å². The third-order valence-corrected chi connectivity index (χ3v) is 8.19. The summed E-state index contributed by atoms with van der Waals surface area (Å²) in [6.07, 6.45) is 36.8. The van der Waals surface area contributed by atoms with E-state index in [1.807, 2.05) is 13.3 Å². The van der Waals surface area contributed by atoms with Crippen molar-refractivity contribution >= 4 is 7.14 Å². The summed E-state index contributed by atoms with van der Waals surface area (Å²) < 4.78 is 11.6. The van der Waals surface area contributed by atoms with Crippen molar-refractivity contribution in [3.63, 3.8) is 0 Å². The molecule has 0 aliphatic rings. The standard InChI is InChI=1S/C29H61OP/c1-4-5-6-7-8-9-10-11-12-13-14-15-16-17-18-19-20-21-22-23-24-25-26-27-28-29-31(2,3)30/h4-29H2,1-3H3. The molecule has 0 unspecified atom stereocenters. The Kier molecular flexibility index (Phi) is 25.0. The summed E-state index contributed by atoms with van der Waals surface area (Å²) in [5.74, 6) is 0. The lowest BCUT2D eigenvalue weighted by molar-refractivity contribution is 0.516. The van der Waals surface area contributed by atoms with Gasteiger partial charge in [0.25, 0.3) is 0 Å². The van der Waals surface area contributed by atoms with Gasteiger partial charge in [-0.25, -0.2) is 0 Å². The predicted molar refractivity (Wildman–Crippen MR) is 145 cm³/mol. The molecule has 31 heavy (non-hydrogen) atoms. The minimum atomic E-state index is -1.76. The molecule has 0 fully saturated rings. The van der Waals surface area contributed by atoms with E-state index in [0.29, 0.717) is 0 Å². The fourth-order valence-electron chi connectivity index (χ4n) is 4.63. The highest BCUT2D eigenvalue weighted by molar-refractivity contribution is 7.62. The highest BCUT2D eigenvalue weighted by Crippen LogP contribution is 2.36. The van der Waals surface area contributed by atoms with Crippen LogP contribution in [0, 0.1) is 0 Å². The van der Waals surface area contributed by atoms with E-state index in [1.54, 1.807) is 0 Å². The average Bonchev–Trinajstić information content (AvgIpc) is 2.73. The predicted octanol–water partition coefficient (Wildman–Crippen LogP) is 11.4. The highest BCUT2D eigenvalue weighted by Gasteiger charge is 2.05. The third-order valence-electron chi connectivity index (χ3n) is 6.80. The molecule has 0 aliphatic carbocycles. The van der Waals surface area contributed by atoms with Crippen LogP contribution >= 0.6 is 7.14 Å². The van der Waals surface area contributed by atoms with Crippen LogP contribution in [0.1, 0.15) is 167 Å². The normalized spacial score (nSPS) is 12.0. The molecule has 0 rings (SSSR count). The average molecular weight is 457 g/mol. The van der Waals surface area contributed by atoms with Crippen LogP contribution in [0.5, 0.6) is 0 Å². The van der Waals surface area contributed by atoms with Crippen molar-refractivity contribution in [3.8, 4) is 0 Å². The van der Waals surface area contributed by atoms with Crippen LogP contribution in [0.3, 0.4) is 0 Å². The van der Waals surface area contributed by atoms with Crippen LogP contribution in [0.25, 0.3) is 0 Å². The molecule has 0 bridgehead atoms. The molecule has 0 atom stereocenters. The van der Waals surface area contributed by atoms with E-state index in [-0.39, 0.29) is 0 Å². The van der Waals surface area contributed by atoms with Crippen LogP contribution in [0.2, 0.25) is 0 Å². The zero-order valence-corrected chi connectivity index (χ0v) is 23.1. The fraction of sp³-hybridized carbons (Fsp3) is 1.00. The van der Waals surface area contributed by atoms with Gasteiger partial charge in [-0.15, -0.1) is 0 Å². The summed E-state index contributed by atoms with van der Waals surface area (Å²) in [5.41, 5.74) is 0. The van der Waals surface area contributed by atoms with Crippen molar-refractivity contribution in [2.45, 2.75) is 167 Å². The summed E-state index contributed by atoms with van der Waals surface area (Å²) in [5, 5.41) is 0. The monoisotopic (exact) mass is 456 g/mol. The molecule has 188 valence electrons. The summed E-state index contributed by atoms with van der Waals surface area (Å²) in [7, 11) is -1.76. The molecule has 0 saturated heterocycles. The van der Waals surface area contributed by atoms with Crippen molar-refractivity contribution in [3.05, 3.63) is 0 Å². The lowest BCUT2D eigenvalue weighted by Gasteiger charge is -2.06. The van der Waals surface area contributed by atoms with E-state index in [0.717, 1.165) is 6.16 Å². The van der Waals surface area contributed by atoms with Gasteiger partial charge in [-0.3, -0.25) is 0 Å². The van der Waals surface area contributed by atoms with Crippen molar-refractivity contribution in [1.82, 2.24) is 0 Å². The zero-order chi connectivity index (χ0) is 22.9. The van der Waals surface area contributed by atoms with Crippen molar-refractivity contribution in [2.75, 3.05) is 19.5 Å². The quantitative estimate of drug-likeness (QED) is 0.0934.